The lowest BCUT2D eigenvalue weighted by Crippen LogP contribution is -2.66. The number of carbonyl (C=O) groups excluding carboxylic acids is 4. The summed E-state index contributed by atoms with van der Waals surface area (Å²) in [7, 11) is 0. The molecule has 2 amide bonds. The van der Waals surface area contributed by atoms with Crippen molar-refractivity contribution in [3.05, 3.63) is 11.1 Å². The van der Waals surface area contributed by atoms with Crippen molar-refractivity contribution < 1.29 is 43.7 Å². The van der Waals surface area contributed by atoms with Crippen molar-refractivity contribution in [2.75, 3.05) is 39.4 Å². The molecular weight excluding hydrogens is 775 g/mol. The molecule has 0 unspecified atom stereocenters. The average Bonchev–Trinajstić information content (AvgIpc) is 3.47. The van der Waals surface area contributed by atoms with Gasteiger partial charge in [0.1, 0.15) is 11.6 Å². The number of amides is 2. The monoisotopic (exact) mass is 852 g/mol. The van der Waals surface area contributed by atoms with Gasteiger partial charge in [-0.2, -0.15) is 0 Å². The zero-order valence-corrected chi connectivity index (χ0v) is 39.1. The molecule has 4 N–H and O–H groups in total. The highest BCUT2D eigenvalue weighted by Gasteiger charge is 2.71. The summed E-state index contributed by atoms with van der Waals surface area (Å²) in [6.45, 7) is 26.0. The molecule has 12 heteroatoms. The van der Waals surface area contributed by atoms with Crippen molar-refractivity contribution in [3.8, 4) is 0 Å². The van der Waals surface area contributed by atoms with Gasteiger partial charge in [0, 0.05) is 36.9 Å². The van der Waals surface area contributed by atoms with Gasteiger partial charge in [-0.25, -0.2) is 0 Å². The maximum atomic E-state index is 14.2. The number of ketones is 1. The van der Waals surface area contributed by atoms with E-state index in [2.05, 4.69) is 59.1 Å². The van der Waals surface area contributed by atoms with Gasteiger partial charge in [-0.1, -0.05) is 67.9 Å². The van der Waals surface area contributed by atoms with Gasteiger partial charge in [0.05, 0.1) is 37.7 Å². The van der Waals surface area contributed by atoms with E-state index in [9.17, 15) is 34.2 Å². The second-order valence-electron chi connectivity index (χ2n) is 23.4. The Bertz CT molecular complexity index is 1830. The molecular formula is C49H77N3O9. The molecule has 0 aromatic heterocycles. The van der Waals surface area contributed by atoms with Gasteiger partial charge in [-0.3, -0.25) is 28.9 Å². The second-order valence-corrected chi connectivity index (χ2v) is 23.4. The van der Waals surface area contributed by atoms with Crippen molar-refractivity contribution in [3.63, 3.8) is 0 Å². The van der Waals surface area contributed by atoms with Crippen LogP contribution in [0.25, 0.3) is 0 Å². The van der Waals surface area contributed by atoms with E-state index >= 15 is 0 Å². The van der Waals surface area contributed by atoms with Crippen LogP contribution in [-0.4, -0.2) is 102 Å². The fourth-order valence-corrected chi connectivity index (χ4v) is 15.3. The van der Waals surface area contributed by atoms with E-state index in [-0.39, 0.29) is 82.7 Å². The van der Waals surface area contributed by atoms with Crippen molar-refractivity contribution in [2.24, 2.45) is 68.0 Å². The van der Waals surface area contributed by atoms with E-state index in [1.165, 1.54) is 0 Å². The van der Waals surface area contributed by atoms with Gasteiger partial charge in [0.2, 0.25) is 11.8 Å². The number of esters is 1. The topological polar surface area (TPSA) is 172 Å². The molecule has 12 nitrogen and oxygen atoms in total. The Morgan fingerprint density at radius 1 is 0.869 bits per heavy atom. The number of ether oxygens (including phenoxy) is 2. The fourth-order valence-electron chi connectivity index (χ4n) is 15.3. The average molecular weight is 852 g/mol. The fraction of sp³-hybridized carbons (Fsp3) is 0.857. The standard InChI is InChI=1S/C49H77N3O9/c1-28(2)38-32(53)25-49(35(54)26-50-42(59)45(7,8)51-37(55)27-52-20-22-60-23-21-52)19-18-47(10)29(39(38)49)12-13-34-46(9)16-15-36(44(5,6)33(46)14-17-48(34,47)11)61-41(58)31-24-30(40(56)57)43(31,3)4/h28-31,33-36,54H,12-27H2,1-11H3,(H,50,59)(H,51,55)(H,56,57)/t29-,30+,31-,33+,34-,35+,36+,46+,47-,48-,49+/m1/s1. The second kappa shape index (κ2) is 15.7. The Labute approximate surface area is 364 Å². The molecule has 7 rings (SSSR count). The number of rotatable bonds is 11. The number of carboxylic acid groups (broad SMARTS) is 1. The third-order valence-corrected chi connectivity index (χ3v) is 19.1. The lowest BCUT2D eigenvalue weighted by atomic mass is 9.33. The Morgan fingerprint density at radius 2 is 1.54 bits per heavy atom. The normalized spacial score (nSPS) is 39.8. The molecule has 0 bridgehead atoms. The number of fused-ring (bicyclic) bond motifs is 7. The van der Waals surface area contributed by atoms with Gasteiger partial charge in [-0.15, -0.1) is 0 Å². The summed E-state index contributed by atoms with van der Waals surface area (Å²) in [4.78, 5) is 68.3. The zero-order chi connectivity index (χ0) is 44.9. The molecule has 1 aliphatic heterocycles. The molecule has 0 aromatic rings. The number of allylic oxidation sites excluding steroid dienone is 1. The summed E-state index contributed by atoms with van der Waals surface area (Å²) in [6, 6.07) is 0. The van der Waals surface area contributed by atoms with Crippen LogP contribution in [0, 0.1) is 68.0 Å². The number of aliphatic hydroxyl groups excluding tert-OH is 1. The van der Waals surface area contributed by atoms with Crippen LogP contribution >= 0.6 is 0 Å². The number of morpholine rings is 1. The van der Waals surface area contributed by atoms with E-state index in [0.29, 0.717) is 51.0 Å². The Balaban J connectivity index is 1.08. The molecule has 6 aliphatic carbocycles. The Hall–Kier alpha value is -2.83. The molecule has 342 valence electrons. The Kier molecular flexibility index (Phi) is 11.9. The lowest BCUT2D eigenvalue weighted by molar-refractivity contribution is -0.238. The van der Waals surface area contributed by atoms with Crippen LogP contribution in [0.4, 0.5) is 0 Å². The van der Waals surface area contributed by atoms with Gasteiger partial charge < -0.3 is 30.3 Å². The minimum Gasteiger partial charge on any atom is -0.481 e. The lowest BCUT2D eigenvalue weighted by Gasteiger charge is -2.72. The third kappa shape index (κ3) is 7.23. The number of hydrogen-bond donors (Lipinski definition) is 4. The zero-order valence-electron chi connectivity index (χ0n) is 39.1. The number of carbonyl (C=O) groups is 5. The molecule has 61 heavy (non-hydrogen) atoms. The highest BCUT2D eigenvalue weighted by molar-refractivity contribution is 6.01. The van der Waals surface area contributed by atoms with Crippen LogP contribution in [0.3, 0.4) is 0 Å². The number of nitrogens with zero attached hydrogens (tertiary/aromatic N) is 1. The number of aliphatic carboxylic acids is 1. The van der Waals surface area contributed by atoms with E-state index in [1.54, 1.807) is 13.8 Å². The van der Waals surface area contributed by atoms with Crippen molar-refractivity contribution in [1.82, 2.24) is 15.5 Å². The van der Waals surface area contributed by atoms with Gasteiger partial charge in [0.15, 0.2) is 5.78 Å². The first-order valence-corrected chi connectivity index (χ1v) is 23.6. The molecule has 1 heterocycles. The van der Waals surface area contributed by atoms with E-state index in [4.69, 9.17) is 9.47 Å². The molecule has 1 saturated heterocycles. The van der Waals surface area contributed by atoms with Crippen LogP contribution in [0.15, 0.2) is 11.1 Å². The number of nitrogens with one attached hydrogen (secondary N) is 2. The van der Waals surface area contributed by atoms with Crippen molar-refractivity contribution in [2.45, 2.75) is 158 Å². The molecule has 7 aliphatic rings. The number of hydrogen-bond acceptors (Lipinski definition) is 9. The number of carboxylic acids is 1. The van der Waals surface area contributed by atoms with Crippen LogP contribution in [0.1, 0.15) is 140 Å². The summed E-state index contributed by atoms with van der Waals surface area (Å²) >= 11 is 0. The molecule has 11 atom stereocenters. The first-order chi connectivity index (χ1) is 28.3. The summed E-state index contributed by atoms with van der Waals surface area (Å²) < 4.78 is 11.8. The first-order valence-electron chi connectivity index (χ1n) is 23.6. The minimum atomic E-state index is -1.20. The molecule has 5 saturated carbocycles. The highest BCUT2D eigenvalue weighted by atomic mass is 16.5. The smallest absolute Gasteiger partial charge is 0.309 e. The molecule has 0 spiro atoms. The predicted molar refractivity (Wildman–Crippen MR) is 231 cm³/mol. The maximum absolute atomic E-state index is 14.2. The van der Waals surface area contributed by atoms with Gasteiger partial charge in [0.25, 0.3) is 0 Å². The van der Waals surface area contributed by atoms with E-state index in [0.717, 1.165) is 56.1 Å². The molecule has 0 radical (unpaired) electrons. The largest absolute Gasteiger partial charge is 0.481 e. The van der Waals surface area contributed by atoms with Crippen LogP contribution in [-0.2, 0) is 33.4 Å². The minimum absolute atomic E-state index is 0.00669. The van der Waals surface area contributed by atoms with Crippen molar-refractivity contribution in [1.29, 1.82) is 0 Å². The predicted octanol–water partition coefficient (Wildman–Crippen LogP) is 6.33. The van der Waals surface area contributed by atoms with Gasteiger partial charge in [-0.05, 0) is 123 Å². The highest BCUT2D eigenvalue weighted by Crippen LogP contribution is 2.77. The Morgan fingerprint density at radius 3 is 2.16 bits per heavy atom. The van der Waals surface area contributed by atoms with Crippen molar-refractivity contribution >= 4 is 29.5 Å². The van der Waals surface area contributed by atoms with E-state index in [1.807, 2.05) is 18.7 Å². The summed E-state index contributed by atoms with van der Waals surface area (Å²) in [5, 5.41) is 27.9. The quantitative estimate of drug-likeness (QED) is 0.172. The van der Waals surface area contributed by atoms with Gasteiger partial charge >= 0.3 is 11.9 Å². The van der Waals surface area contributed by atoms with E-state index < -0.39 is 40.3 Å². The van der Waals surface area contributed by atoms with Crippen LogP contribution in [0.5, 0.6) is 0 Å². The number of Topliss-reactive ketones (excluding diaryl/α,β-unsaturated/α-hetero) is 1. The molecule has 6 fully saturated rings. The molecule has 0 aromatic carbocycles. The summed E-state index contributed by atoms with van der Waals surface area (Å²) in [5.74, 6) is -1.63. The SMILES string of the molecule is CC(C)C1=C2[C@H]3CC[C@@H]4[C@@]5(C)CC[C@H](OC(=O)[C@H]6C[C@@H](C(=O)O)C6(C)C)C(C)(C)[C@@H]5CC[C@@]4(C)[C@]3(C)CC[C@@]2([C@@H](O)CNC(=O)C(C)(C)NC(=O)CN2CCOCC2)CC1=O. The summed E-state index contributed by atoms with van der Waals surface area (Å²) in [6.07, 6.45) is 6.65. The summed E-state index contributed by atoms with van der Waals surface area (Å²) in [5.41, 5.74) is -0.955. The van der Waals surface area contributed by atoms with Crippen LogP contribution < -0.4 is 10.6 Å². The maximum Gasteiger partial charge on any atom is 0.309 e. The number of aliphatic hydroxyl groups is 1. The van der Waals surface area contributed by atoms with Crippen LogP contribution in [0.2, 0.25) is 0 Å². The first kappa shape index (κ1) is 46.2. The third-order valence-electron chi connectivity index (χ3n) is 19.1.